The predicted octanol–water partition coefficient (Wildman–Crippen LogP) is 4.73. The van der Waals surface area contributed by atoms with Crippen molar-refractivity contribution in [3.63, 3.8) is 0 Å². The Labute approximate surface area is 124 Å². The van der Waals surface area contributed by atoms with Gasteiger partial charge in [0.25, 0.3) is 0 Å². The van der Waals surface area contributed by atoms with Gasteiger partial charge < -0.3 is 5.73 Å². The van der Waals surface area contributed by atoms with Gasteiger partial charge in [-0.1, -0.05) is 55.8 Å². The Hall–Kier alpha value is -1.38. The highest BCUT2D eigenvalue weighted by molar-refractivity contribution is 6.30. The predicted molar refractivity (Wildman–Crippen MR) is 82.4 cm³/mol. The molecule has 0 heterocycles. The Kier molecular flexibility index (Phi) is 4.79. The van der Waals surface area contributed by atoms with E-state index in [2.05, 4.69) is 26.0 Å². The lowest BCUT2D eigenvalue weighted by Crippen LogP contribution is -2.12. The van der Waals surface area contributed by atoms with E-state index >= 15 is 0 Å². The zero-order valence-electron chi connectivity index (χ0n) is 11.7. The van der Waals surface area contributed by atoms with Crippen molar-refractivity contribution < 1.29 is 4.39 Å². The number of rotatable bonds is 4. The van der Waals surface area contributed by atoms with Crippen molar-refractivity contribution in [2.75, 3.05) is 0 Å². The third-order valence-electron chi connectivity index (χ3n) is 3.29. The van der Waals surface area contributed by atoms with Crippen LogP contribution in [0.3, 0.4) is 0 Å². The molecule has 106 valence electrons. The van der Waals surface area contributed by atoms with Crippen molar-refractivity contribution in [3.8, 4) is 0 Å². The molecule has 2 aromatic carbocycles. The average molecular weight is 292 g/mol. The van der Waals surface area contributed by atoms with E-state index in [1.807, 2.05) is 12.1 Å². The second-order valence-electron chi connectivity index (χ2n) is 5.49. The van der Waals surface area contributed by atoms with Gasteiger partial charge in [0.05, 0.1) is 11.1 Å². The van der Waals surface area contributed by atoms with Gasteiger partial charge in [0.2, 0.25) is 0 Å². The van der Waals surface area contributed by atoms with E-state index < -0.39 is 5.82 Å². The summed E-state index contributed by atoms with van der Waals surface area (Å²) in [6, 6.07) is 12.6. The van der Waals surface area contributed by atoms with Crippen LogP contribution in [0.25, 0.3) is 0 Å². The molecule has 0 radical (unpaired) electrons. The molecule has 0 spiro atoms. The van der Waals surface area contributed by atoms with E-state index in [0.717, 1.165) is 17.5 Å². The van der Waals surface area contributed by atoms with Crippen LogP contribution in [0.15, 0.2) is 42.5 Å². The molecule has 0 saturated heterocycles. The van der Waals surface area contributed by atoms with E-state index in [9.17, 15) is 4.39 Å². The third-order valence-corrected chi connectivity index (χ3v) is 3.58. The molecule has 1 atom stereocenters. The van der Waals surface area contributed by atoms with Crippen molar-refractivity contribution in [1.82, 2.24) is 0 Å². The first-order chi connectivity index (χ1) is 9.47. The summed E-state index contributed by atoms with van der Waals surface area (Å²) in [7, 11) is 0. The van der Waals surface area contributed by atoms with E-state index in [-0.39, 0.29) is 11.1 Å². The second-order valence-corrected chi connectivity index (χ2v) is 5.90. The minimum Gasteiger partial charge on any atom is -0.320 e. The highest BCUT2D eigenvalue weighted by Crippen LogP contribution is 2.24. The maximum atomic E-state index is 13.2. The highest BCUT2D eigenvalue weighted by atomic mass is 35.5. The van der Waals surface area contributed by atoms with Crippen molar-refractivity contribution in [1.29, 1.82) is 0 Å². The summed E-state index contributed by atoms with van der Waals surface area (Å²) in [6.45, 7) is 4.39. The fourth-order valence-corrected chi connectivity index (χ4v) is 2.42. The Morgan fingerprint density at radius 1 is 1.05 bits per heavy atom. The maximum Gasteiger partial charge on any atom is 0.141 e. The number of benzene rings is 2. The maximum absolute atomic E-state index is 13.2. The molecule has 0 amide bonds. The van der Waals surface area contributed by atoms with Crippen molar-refractivity contribution in [3.05, 3.63) is 70.0 Å². The third kappa shape index (κ3) is 3.59. The Morgan fingerprint density at radius 3 is 2.20 bits per heavy atom. The van der Waals surface area contributed by atoms with Gasteiger partial charge in [-0.2, -0.15) is 0 Å². The molecule has 2 N–H and O–H groups in total. The topological polar surface area (TPSA) is 26.0 Å². The van der Waals surface area contributed by atoms with Gasteiger partial charge in [-0.3, -0.25) is 0 Å². The SMILES string of the molecule is CC(C)Cc1ccc(C(N)c2ccc(F)c(Cl)c2)cc1. The van der Waals surface area contributed by atoms with Crippen LogP contribution in [-0.4, -0.2) is 0 Å². The number of halogens is 2. The minimum absolute atomic E-state index is 0.106. The fraction of sp³-hybridized carbons (Fsp3) is 0.294. The minimum atomic E-state index is -0.421. The van der Waals surface area contributed by atoms with Crippen LogP contribution in [0.2, 0.25) is 5.02 Å². The summed E-state index contributed by atoms with van der Waals surface area (Å²) in [5.41, 5.74) is 9.32. The smallest absolute Gasteiger partial charge is 0.141 e. The summed E-state index contributed by atoms with van der Waals surface area (Å²) in [4.78, 5) is 0. The second kappa shape index (κ2) is 6.38. The van der Waals surface area contributed by atoms with E-state index in [4.69, 9.17) is 17.3 Å². The van der Waals surface area contributed by atoms with Gasteiger partial charge in [0, 0.05) is 0 Å². The lowest BCUT2D eigenvalue weighted by atomic mass is 9.96. The molecule has 0 bridgehead atoms. The monoisotopic (exact) mass is 291 g/mol. The Morgan fingerprint density at radius 2 is 1.65 bits per heavy atom. The molecule has 2 rings (SSSR count). The molecule has 20 heavy (non-hydrogen) atoms. The van der Waals surface area contributed by atoms with Crippen molar-refractivity contribution >= 4 is 11.6 Å². The molecule has 0 aromatic heterocycles. The summed E-state index contributed by atoms with van der Waals surface area (Å²) in [6.07, 6.45) is 1.05. The first-order valence-corrected chi connectivity index (χ1v) is 7.14. The van der Waals surface area contributed by atoms with Gasteiger partial charge in [-0.05, 0) is 41.2 Å². The highest BCUT2D eigenvalue weighted by Gasteiger charge is 2.11. The first-order valence-electron chi connectivity index (χ1n) is 6.76. The molecule has 2 aromatic rings. The van der Waals surface area contributed by atoms with Crippen LogP contribution in [-0.2, 0) is 6.42 Å². The molecule has 3 heteroatoms. The largest absolute Gasteiger partial charge is 0.320 e. The lowest BCUT2D eigenvalue weighted by Gasteiger charge is -2.14. The average Bonchev–Trinajstić information content (AvgIpc) is 2.41. The summed E-state index contributed by atoms with van der Waals surface area (Å²) >= 11 is 5.80. The summed E-state index contributed by atoms with van der Waals surface area (Å²) in [5, 5.41) is 0.106. The van der Waals surface area contributed by atoms with Crippen molar-refractivity contribution in [2.24, 2.45) is 11.7 Å². The molecule has 0 aliphatic carbocycles. The van der Waals surface area contributed by atoms with Crippen LogP contribution < -0.4 is 5.73 Å². The summed E-state index contributed by atoms with van der Waals surface area (Å²) in [5.74, 6) is 0.209. The van der Waals surface area contributed by atoms with Crippen molar-refractivity contribution in [2.45, 2.75) is 26.3 Å². The zero-order chi connectivity index (χ0) is 14.7. The Balaban J connectivity index is 2.20. The number of nitrogens with two attached hydrogens (primary N) is 1. The van der Waals surface area contributed by atoms with Crippen LogP contribution in [0.1, 0.15) is 36.6 Å². The molecule has 0 aliphatic heterocycles. The zero-order valence-corrected chi connectivity index (χ0v) is 12.5. The van der Waals surface area contributed by atoms with Crippen LogP contribution >= 0.6 is 11.6 Å². The normalized spacial score (nSPS) is 12.7. The van der Waals surface area contributed by atoms with Crippen LogP contribution in [0, 0.1) is 11.7 Å². The molecule has 1 nitrogen and oxygen atoms in total. The standard InChI is InChI=1S/C17H19ClFN/c1-11(2)9-12-3-5-13(6-4-12)17(20)14-7-8-16(19)15(18)10-14/h3-8,10-11,17H,9,20H2,1-2H3. The van der Waals surface area contributed by atoms with E-state index in [1.165, 1.54) is 11.6 Å². The first kappa shape index (κ1) is 15.0. The fourth-order valence-electron chi connectivity index (χ4n) is 2.23. The Bertz CT molecular complexity index is 578. The van der Waals surface area contributed by atoms with Crippen LogP contribution in [0.5, 0.6) is 0 Å². The molecule has 0 aliphatic rings. The molecule has 0 fully saturated rings. The quantitative estimate of drug-likeness (QED) is 0.866. The van der Waals surface area contributed by atoms with Gasteiger partial charge >= 0.3 is 0 Å². The van der Waals surface area contributed by atoms with Gasteiger partial charge in [-0.25, -0.2) is 4.39 Å². The van der Waals surface area contributed by atoms with Gasteiger partial charge in [-0.15, -0.1) is 0 Å². The number of hydrogen-bond donors (Lipinski definition) is 1. The van der Waals surface area contributed by atoms with Gasteiger partial charge in [0.1, 0.15) is 5.82 Å². The molecular formula is C17H19ClFN. The summed E-state index contributed by atoms with van der Waals surface area (Å²) < 4.78 is 13.2. The van der Waals surface area contributed by atoms with Crippen LogP contribution in [0.4, 0.5) is 4.39 Å². The van der Waals surface area contributed by atoms with E-state index in [1.54, 1.807) is 12.1 Å². The molecule has 0 saturated carbocycles. The van der Waals surface area contributed by atoms with E-state index in [0.29, 0.717) is 5.92 Å². The lowest BCUT2D eigenvalue weighted by molar-refractivity contribution is 0.627. The van der Waals surface area contributed by atoms with Gasteiger partial charge in [0.15, 0.2) is 0 Å². The number of hydrogen-bond acceptors (Lipinski definition) is 1. The molecule has 1 unspecified atom stereocenters. The molecular weight excluding hydrogens is 273 g/mol.